The monoisotopic (exact) mass is 519 g/mol. The number of phenols is 1. The normalized spacial score (nSPS) is 11.7. The van der Waals surface area contributed by atoms with Crippen LogP contribution in [0, 0.1) is 5.82 Å². The van der Waals surface area contributed by atoms with Crippen molar-refractivity contribution in [1.82, 2.24) is 9.73 Å². The largest absolute Gasteiger partial charge is 0.507 e. The van der Waals surface area contributed by atoms with E-state index in [2.05, 4.69) is 26.5 Å². The first-order chi connectivity index (χ1) is 15.3. The van der Waals surface area contributed by atoms with Crippen LogP contribution in [-0.2, 0) is 21.4 Å². The second-order valence-electron chi connectivity index (χ2n) is 6.71. The number of hydrazone groups is 1. The van der Waals surface area contributed by atoms with Crippen LogP contribution in [0.25, 0.3) is 0 Å². The minimum absolute atomic E-state index is 0.0254. The molecule has 1 amide bonds. The summed E-state index contributed by atoms with van der Waals surface area (Å²) < 4.78 is 41.2. The SMILES string of the molecule is O=C(CN(Cc1ccc(F)cc1)S(=O)(=O)c1ccccc1)N/N=C\c1cc(Br)ccc1O. The predicted octanol–water partition coefficient (Wildman–Crippen LogP) is 3.64. The Labute approximate surface area is 193 Å². The van der Waals surface area contributed by atoms with Crippen LogP contribution in [0.5, 0.6) is 5.75 Å². The molecule has 0 heterocycles. The van der Waals surface area contributed by atoms with Crippen molar-refractivity contribution in [3.63, 3.8) is 0 Å². The molecule has 0 aliphatic carbocycles. The number of phenolic OH excluding ortho intramolecular Hbond substituents is 1. The second-order valence-corrected chi connectivity index (χ2v) is 9.56. The number of carbonyl (C=O) groups is 1. The molecule has 3 aromatic rings. The van der Waals surface area contributed by atoms with Crippen LogP contribution >= 0.6 is 15.9 Å². The van der Waals surface area contributed by atoms with E-state index < -0.39 is 28.3 Å². The summed E-state index contributed by atoms with van der Waals surface area (Å²) in [4.78, 5) is 12.5. The molecule has 0 saturated carbocycles. The van der Waals surface area contributed by atoms with Gasteiger partial charge in [0.15, 0.2) is 0 Å². The van der Waals surface area contributed by atoms with Gasteiger partial charge in [0.05, 0.1) is 17.7 Å². The summed E-state index contributed by atoms with van der Waals surface area (Å²) in [5.41, 5.74) is 3.14. The van der Waals surface area contributed by atoms with Crippen molar-refractivity contribution in [2.24, 2.45) is 5.10 Å². The number of benzene rings is 3. The maximum absolute atomic E-state index is 13.2. The van der Waals surface area contributed by atoms with Crippen molar-refractivity contribution in [2.45, 2.75) is 11.4 Å². The van der Waals surface area contributed by atoms with Crippen LogP contribution < -0.4 is 5.43 Å². The third-order valence-corrected chi connectivity index (χ3v) is 6.65. The van der Waals surface area contributed by atoms with Crippen molar-refractivity contribution in [1.29, 1.82) is 0 Å². The molecule has 32 heavy (non-hydrogen) atoms. The molecular weight excluding hydrogens is 501 g/mol. The zero-order chi connectivity index (χ0) is 23.1. The molecule has 0 radical (unpaired) electrons. The summed E-state index contributed by atoms with van der Waals surface area (Å²) in [6.45, 7) is -0.655. The number of amides is 1. The molecule has 0 fully saturated rings. The van der Waals surface area contributed by atoms with Gasteiger partial charge in [-0.15, -0.1) is 0 Å². The summed E-state index contributed by atoms with van der Waals surface area (Å²) >= 11 is 3.27. The quantitative estimate of drug-likeness (QED) is 0.350. The Balaban J connectivity index is 1.78. The molecule has 3 aromatic carbocycles. The van der Waals surface area contributed by atoms with Gasteiger partial charge in [-0.1, -0.05) is 46.3 Å². The fourth-order valence-corrected chi connectivity index (χ4v) is 4.54. The average molecular weight is 520 g/mol. The van der Waals surface area contributed by atoms with Gasteiger partial charge in [-0.3, -0.25) is 4.79 Å². The molecule has 7 nitrogen and oxygen atoms in total. The highest BCUT2D eigenvalue weighted by molar-refractivity contribution is 9.10. The van der Waals surface area contributed by atoms with Crippen LogP contribution in [0.4, 0.5) is 4.39 Å². The van der Waals surface area contributed by atoms with E-state index in [1.807, 2.05) is 0 Å². The molecular formula is C22H19BrFN3O4S. The predicted molar refractivity (Wildman–Crippen MR) is 122 cm³/mol. The van der Waals surface area contributed by atoms with E-state index in [0.717, 1.165) is 4.31 Å². The van der Waals surface area contributed by atoms with Crippen LogP contribution in [-0.4, -0.2) is 36.5 Å². The van der Waals surface area contributed by atoms with E-state index in [-0.39, 0.29) is 17.2 Å². The highest BCUT2D eigenvalue weighted by Crippen LogP contribution is 2.20. The minimum atomic E-state index is -4.01. The average Bonchev–Trinajstić information content (AvgIpc) is 2.77. The first-order valence-corrected chi connectivity index (χ1v) is 11.6. The Morgan fingerprint density at radius 2 is 1.78 bits per heavy atom. The van der Waals surface area contributed by atoms with E-state index in [0.29, 0.717) is 15.6 Å². The molecule has 2 N–H and O–H groups in total. The maximum Gasteiger partial charge on any atom is 0.255 e. The van der Waals surface area contributed by atoms with Gasteiger partial charge >= 0.3 is 0 Å². The Morgan fingerprint density at radius 3 is 2.47 bits per heavy atom. The third kappa shape index (κ3) is 6.22. The van der Waals surface area contributed by atoms with Gasteiger partial charge < -0.3 is 5.11 Å². The maximum atomic E-state index is 13.2. The molecule has 0 aromatic heterocycles. The molecule has 3 rings (SSSR count). The highest BCUT2D eigenvalue weighted by atomic mass is 79.9. The zero-order valence-electron chi connectivity index (χ0n) is 16.7. The van der Waals surface area contributed by atoms with E-state index in [4.69, 9.17) is 0 Å². The summed E-state index contributed by atoms with van der Waals surface area (Å²) in [6.07, 6.45) is 1.24. The molecule has 0 aliphatic rings. The number of hydrogen-bond acceptors (Lipinski definition) is 5. The van der Waals surface area contributed by atoms with E-state index >= 15 is 0 Å². The van der Waals surface area contributed by atoms with Crippen LogP contribution in [0.3, 0.4) is 0 Å². The lowest BCUT2D eigenvalue weighted by atomic mass is 10.2. The zero-order valence-corrected chi connectivity index (χ0v) is 19.1. The van der Waals surface area contributed by atoms with Crippen molar-refractivity contribution >= 4 is 38.1 Å². The van der Waals surface area contributed by atoms with Crippen molar-refractivity contribution < 1.29 is 22.7 Å². The number of halogens is 2. The minimum Gasteiger partial charge on any atom is -0.507 e. The third-order valence-electron chi connectivity index (χ3n) is 4.36. The molecule has 166 valence electrons. The number of nitrogens with one attached hydrogen (secondary N) is 1. The van der Waals surface area contributed by atoms with Crippen LogP contribution in [0.1, 0.15) is 11.1 Å². The Hall–Kier alpha value is -3.08. The molecule has 0 unspecified atom stereocenters. The molecule has 0 saturated heterocycles. The van der Waals surface area contributed by atoms with Gasteiger partial charge in [0.25, 0.3) is 5.91 Å². The summed E-state index contributed by atoms with van der Waals surface area (Å²) in [5.74, 6) is -1.16. The lowest BCUT2D eigenvalue weighted by Crippen LogP contribution is -2.39. The van der Waals surface area contributed by atoms with Gasteiger partial charge in [0.2, 0.25) is 10.0 Å². The first-order valence-electron chi connectivity index (χ1n) is 9.36. The topological polar surface area (TPSA) is 99.1 Å². The summed E-state index contributed by atoms with van der Waals surface area (Å²) in [7, 11) is -4.01. The van der Waals surface area contributed by atoms with Gasteiger partial charge in [-0.2, -0.15) is 9.41 Å². The molecule has 0 bridgehead atoms. The van der Waals surface area contributed by atoms with Gasteiger partial charge in [0.1, 0.15) is 11.6 Å². The van der Waals surface area contributed by atoms with E-state index in [1.54, 1.807) is 30.3 Å². The van der Waals surface area contributed by atoms with Crippen molar-refractivity contribution in [3.8, 4) is 5.75 Å². The smallest absolute Gasteiger partial charge is 0.255 e. The fourth-order valence-electron chi connectivity index (χ4n) is 2.76. The lowest BCUT2D eigenvalue weighted by Gasteiger charge is -2.21. The highest BCUT2D eigenvalue weighted by Gasteiger charge is 2.26. The van der Waals surface area contributed by atoms with Gasteiger partial charge in [0, 0.05) is 16.6 Å². The van der Waals surface area contributed by atoms with Gasteiger partial charge in [-0.05, 0) is 48.0 Å². The Bertz CT molecular complexity index is 1220. The van der Waals surface area contributed by atoms with Crippen molar-refractivity contribution in [3.05, 3.63) is 94.2 Å². The summed E-state index contributed by atoms with van der Waals surface area (Å²) in [6, 6.07) is 17.8. The van der Waals surface area contributed by atoms with Crippen molar-refractivity contribution in [2.75, 3.05) is 6.54 Å². The summed E-state index contributed by atoms with van der Waals surface area (Å²) in [5, 5.41) is 13.6. The molecule has 0 aliphatic heterocycles. The number of carbonyl (C=O) groups excluding carboxylic acids is 1. The number of aromatic hydroxyl groups is 1. The number of nitrogens with zero attached hydrogens (tertiary/aromatic N) is 2. The Kier molecular flexibility index (Phi) is 7.73. The van der Waals surface area contributed by atoms with Gasteiger partial charge in [-0.25, -0.2) is 18.2 Å². The van der Waals surface area contributed by atoms with Crippen LogP contribution in [0.15, 0.2) is 87.3 Å². The molecule has 0 atom stereocenters. The van der Waals surface area contributed by atoms with Crippen LogP contribution in [0.2, 0.25) is 0 Å². The second kappa shape index (κ2) is 10.5. The number of rotatable bonds is 8. The number of hydrogen-bond donors (Lipinski definition) is 2. The lowest BCUT2D eigenvalue weighted by molar-refractivity contribution is -0.121. The van der Waals surface area contributed by atoms with E-state index in [1.165, 1.54) is 48.7 Å². The fraction of sp³-hybridized carbons (Fsp3) is 0.0909. The Morgan fingerprint density at radius 1 is 1.09 bits per heavy atom. The standard InChI is InChI=1S/C22H19BrFN3O4S/c23-18-8-11-21(28)17(12-18)13-25-26-22(29)15-27(14-16-6-9-19(24)10-7-16)32(30,31)20-4-2-1-3-5-20/h1-13,28H,14-15H2,(H,26,29)/b25-13-. The molecule has 0 spiro atoms. The molecule has 10 heteroatoms. The number of sulfonamides is 1. The van der Waals surface area contributed by atoms with E-state index in [9.17, 15) is 22.7 Å². The first kappa shape index (κ1) is 23.6.